The van der Waals surface area contributed by atoms with Crippen LogP contribution >= 0.6 is 11.8 Å². The maximum atomic E-state index is 12.4. The van der Waals surface area contributed by atoms with Crippen LogP contribution in [-0.2, 0) is 21.0 Å². The molecule has 0 unspecified atom stereocenters. The van der Waals surface area contributed by atoms with Crippen molar-refractivity contribution in [3.05, 3.63) is 71.5 Å². The van der Waals surface area contributed by atoms with Crippen molar-refractivity contribution in [1.29, 1.82) is 0 Å². The van der Waals surface area contributed by atoms with Crippen molar-refractivity contribution in [2.24, 2.45) is 0 Å². The largest absolute Gasteiger partial charge is 0.489 e. The lowest BCUT2D eigenvalue weighted by molar-refractivity contribution is -0.122. The van der Waals surface area contributed by atoms with E-state index in [-0.39, 0.29) is 30.0 Å². The highest BCUT2D eigenvalue weighted by molar-refractivity contribution is 7.99. The molecular formula is C25H27N5O4S. The molecule has 3 rings (SSSR count). The van der Waals surface area contributed by atoms with E-state index in [1.807, 2.05) is 44.2 Å². The third-order valence-electron chi connectivity index (χ3n) is 4.55. The van der Waals surface area contributed by atoms with Gasteiger partial charge >= 0.3 is 0 Å². The fourth-order valence-electron chi connectivity index (χ4n) is 3.04. The van der Waals surface area contributed by atoms with Gasteiger partial charge in [-0.05, 0) is 61.9 Å². The summed E-state index contributed by atoms with van der Waals surface area (Å²) < 4.78 is 5.82. The maximum absolute atomic E-state index is 12.4. The van der Waals surface area contributed by atoms with Gasteiger partial charge in [0.25, 0.3) is 0 Å². The van der Waals surface area contributed by atoms with E-state index in [0.29, 0.717) is 28.9 Å². The van der Waals surface area contributed by atoms with Crippen LogP contribution in [0.25, 0.3) is 0 Å². The van der Waals surface area contributed by atoms with E-state index < -0.39 is 0 Å². The van der Waals surface area contributed by atoms with Crippen LogP contribution < -0.4 is 20.7 Å². The van der Waals surface area contributed by atoms with Gasteiger partial charge in [0.05, 0.1) is 12.3 Å². The Labute approximate surface area is 208 Å². The molecule has 0 fully saturated rings. The average Bonchev–Trinajstić information content (AvgIpc) is 2.81. The summed E-state index contributed by atoms with van der Waals surface area (Å²) in [7, 11) is 0. The van der Waals surface area contributed by atoms with Crippen LogP contribution in [0.2, 0.25) is 0 Å². The number of hydrogen-bond donors (Lipinski definition) is 3. The standard InChI is InChI=1S/C25H27N5O4S/c1-16-11-17(2)28-25(27-16)35-15-24(33)30-21-6-4-5-19(12-21)14-34-22-9-7-20(8-10-22)29-23(32)13-26-18(3)31/h4-12H,13-15H2,1-3H3,(H,26,31)(H,29,32)(H,30,33). The van der Waals surface area contributed by atoms with Gasteiger partial charge in [0.2, 0.25) is 17.7 Å². The molecule has 0 aliphatic heterocycles. The van der Waals surface area contributed by atoms with Crippen LogP contribution in [0.4, 0.5) is 11.4 Å². The number of benzene rings is 2. The lowest BCUT2D eigenvalue weighted by Crippen LogP contribution is -2.31. The van der Waals surface area contributed by atoms with Gasteiger partial charge in [-0.15, -0.1) is 0 Å². The van der Waals surface area contributed by atoms with Gasteiger partial charge in [-0.1, -0.05) is 23.9 Å². The number of carbonyl (C=O) groups is 3. The number of rotatable bonds is 10. The maximum Gasteiger partial charge on any atom is 0.243 e. The van der Waals surface area contributed by atoms with Gasteiger partial charge in [-0.3, -0.25) is 14.4 Å². The highest BCUT2D eigenvalue weighted by Crippen LogP contribution is 2.19. The van der Waals surface area contributed by atoms with Crippen LogP contribution in [0.1, 0.15) is 23.9 Å². The number of nitrogens with zero attached hydrogens (tertiary/aromatic N) is 2. The molecule has 0 spiro atoms. The van der Waals surface area contributed by atoms with Crippen LogP contribution in [0, 0.1) is 13.8 Å². The number of carbonyl (C=O) groups excluding carboxylic acids is 3. The lowest BCUT2D eigenvalue weighted by Gasteiger charge is -2.10. The summed E-state index contributed by atoms with van der Waals surface area (Å²) in [6.45, 7) is 5.37. The van der Waals surface area contributed by atoms with Gasteiger partial charge in [-0.2, -0.15) is 0 Å². The molecule has 0 atom stereocenters. The Hall–Kier alpha value is -3.92. The first kappa shape index (κ1) is 25.7. The third kappa shape index (κ3) is 9.09. The number of aromatic nitrogens is 2. The normalized spacial score (nSPS) is 10.4. The van der Waals surface area contributed by atoms with Crippen LogP contribution in [0.15, 0.2) is 59.8 Å². The van der Waals surface area contributed by atoms with E-state index in [1.165, 1.54) is 18.7 Å². The molecule has 3 amide bonds. The molecule has 0 radical (unpaired) electrons. The highest BCUT2D eigenvalue weighted by atomic mass is 32.2. The summed E-state index contributed by atoms with van der Waals surface area (Å²) in [6.07, 6.45) is 0. The molecule has 10 heteroatoms. The van der Waals surface area contributed by atoms with Gasteiger partial charge in [0.1, 0.15) is 12.4 Å². The predicted octanol–water partition coefficient (Wildman–Crippen LogP) is 3.48. The van der Waals surface area contributed by atoms with E-state index in [0.717, 1.165) is 17.0 Å². The number of nitrogens with one attached hydrogen (secondary N) is 3. The smallest absolute Gasteiger partial charge is 0.243 e. The Morgan fingerprint density at radius 2 is 1.57 bits per heavy atom. The first-order valence-corrected chi connectivity index (χ1v) is 11.9. The summed E-state index contributed by atoms with van der Waals surface area (Å²) in [5, 5.41) is 8.60. The molecule has 35 heavy (non-hydrogen) atoms. The average molecular weight is 494 g/mol. The molecule has 2 aromatic carbocycles. The van der Waals surface area contributed by atoms with Gasteiger partial charge < -0.3 is 20.7 Å². The summed E-state index contributed by atoms with van der Waals surface area (Å²) >= 11 is 1.29. The molecule has 9 nitrogen and oxygen atoms in total. The van der Waals surface area contributed by atoms with Crippen LogP contribution in [0.3, 0.4) is 0 Å². The van der Waals surface area contributed by atoms with E-state index >= 15 is 0 Å². The Balaban J connectivity index is 1.47. The van der Waals surface area contributed by atoms with Crippen LogP contribution in [-0.4, -0.2) is 40.0 Å². The second-order valence-electron chi connectivity index (χ2n) is 7.74. The summed E-state index contributed by atoms with van der Waals surface area (Å²) in [4.78, 5) is 43.7. The molecule has 1 heterocycles. The van der Waals surface area contributed by atoms with E-state index in [1.54, 1.807) is 24.3 Å². The molecule has 0 saturated heterocycles. The minimum Gasteiger partial charge on any atom is -0.489 e. The number of hydrogen-bond acceptors (Lipinski definition) is 7. The number of amides is 3. The molecule has 3 aromatic rings. The lowest BCUT2D eigenvalue weighted by atomic mass is 10.2. The van der Waals surface area contributed by atoms with Gasteiger partial charge in [0.15, 0.2) is 5.16 Å². The van der Waals surface area contributed by atoms with Crippen molar-refractivity contribution in [3.63, 3.8) is 0 Å². The molecule has 182 valence electrons. The van der Waals surface area contributed by atoms with Crippen molar-refractivity contribution in [2.75, 3.05) is 22.9 Å². The zero-order chi connectivity index (χ0) is 25.2. The number of aryl methyl sites for hydroxylation is 2. The van der Waals surface area contributed by atoms with Crippen molar-refractivity contribution in [1.82, 2.24) is 15.3 Å². The fourth-order valence-corrected chi connectivity index (χ4v) is 3.78. The molecule has 0 bridgehead atoms. The third-order valence-corrected chi connectivity index (χ3v) is 5.39. The van der Waals surface area contributed by atoms with E-state index in [4.69, 9.17) is 4.74 Å². The Morgan fingerprint density at radius 3 is 2.26 bits per heavy atom. The van der Waals surface area contributed by atoms with Crippen molar-refractivity contribution >= 4 is 40.9 Å². The Kier molecular flexibility index (Phi) is 9.19. The monoisotopic (exact) mass is 493 g/mol. The minimum atomic E-state index is -0.312. The highest BCUT2D eigenvalue weighted by Gasteiger charge is 2.08. The first-order valence-electron chi connectivity index (χ1n) is 10.9. The number of ether oxygens (including phenoxy) is 1. The number of anilines is 2. The topological polar surface area (TPSA) is 122 Å². The summed E-state index contributed by atoms with van der Waals surface area (Å²) in [5.41, 5.74) is 3.90. The first-order chi connectivity index (χ1) is 16.8. The van der Waals surface area contributed by atoms with Crippen molar-refractivity contribution < 1.29 is 19.1 Å². The zero-order valence-corrected chi connectivity index (χ0v) is 20.6. The fraction of sp³-hybridized carbons (Fsp3) is 0.240. The summed E-state index contributed by atoms with van der Waals surface area (Å²) in [6, 6.07) is 16.2. The zero-order valence-electron chi connectivity index (χ0n) is 19.8. The van der Waals surface area contributed by atoms with Gasteiger partial charge in [-0.25, -0.2) is 9.97 Å². The summed E-state index contributed by atoms with van der Waals surface area (Å²) in [5.74, 6) is 0.110. The quantitative estimate of drug-likeness (QED) is 0.292. The number of thioether (sulfide) groups is 1. The molecule has 0 aliphatic rings. The Morgan fingerprint density at radius 1 is 0.886 bits per heavy atom. The van der Waals surface area contributed by atoms with Crippen molar-refractivity contribution in [3.8, 4) is 5.75 Å². The van der Waals surface area contributed by atoms with E-state index in [2.05, 4.69) is 25.9 Å². The molecular weight excluding hydrogens is 466 g/mol. The Bertz CT molecular complexity index is 1180. The second kappa shape index (κ2) is 12.5. The molecule has 3 N–H and O–H groups in total. The van der Waals surface area contributed by atoms with Crippen molar-refractivity contribution in [2.45, 2.75) is 32.5 Å². The van der Waals surface area contributed by atoms with Crippen LogP contribution in [0.5, 0.6) is 5.75 Å². The molecule has 0 saturated carbocycles. The SMILES string of the molecule is CC(=O)NCC(=O)Nc1ccc(OCc2cccc(NC(=O)CSc3nc(C)cc(C)n3)c2)cc1. The van der Waals surface area contributed by atoms with E-state index in [9.17, 15) is 14.4 Å². The molecule has 1 aromatic heterocycles. The predicted molar refractivity (Wildman–Crippen MR) is 135 cm³/mol. The minimum absolute atomic E-state index is 0.0848. The second-order valence-corrected chi connectivity index (χ2v) is 8.68. The molecule has 0 aliphatic carbocycles. The van der Waals surface area contributed by atoms with Gasteiger partial charge in [0, 0.05) is 29.7 Å².